The van der Waals surface area contributed by atoms with E-state index >= 15 is 0 Å². The average Bonchev–Trinajstić information content (AvgIpc) is 1.65. The van der Waals surface area contributed by atoms with Crippen molar-refractivity contribution in [2.75, 3.05) is 20.6 Å². The van der Waals surface area contributed by atoms with E-state index in [-0.39, 0.29) is 0 Å². The molecule has 50 valence electrons. The Kier molecular flexibility index (Phi) is 3.72. The van der Waals surface area contributed by atoms with Crippen LogP contribution < -0.4 is 5.48 Å². The van der Waals surface area contributed by atoms with Crippen LogP contribution >= 0.6 is 0 Å². The largest absolute Gasteiger partial charge is 0.375 e. The van der Waals surface area contributed by atoms with Crippen molar-refractivity contribution < 1.29 is 10.3 Å². The highest BCUT2D eigenvalue weighted by atomic mass is 16.5. The first-order chi connectivity index (χ1) is 3.66. The number of rotatable bonds is 3. The summed E-state index contributed by atoms with van der Waals surface area (Å²) in [5.74, 6) is 0. The molecule has 0 rings (SSSR count). The van der Waals surface area contributed by atoms with Crippen molar-refractivity contribution in [3.63, 3.8) is 0 Å². The maximum Gasteiger partial charge on any atom is 0.139 e. The lowest BCUT2D eigenvalue weighted by Crippen LogP contribution is -2.35. The first-order valence-electron chi connectivity index (χ1n) is 2.39. The van der Waals surface area contributed by atoms with Crippen LogP contribution in [-0.2, 0) is 0 Å². The van der Waals surface area contributed by atoms with Crippen LogP contribution in [0.4, 0.5) is 0 Å². The van der Waals surface area contributed by atoms with E-state index in [1.807, 2.05) is 0 Å². The van der Waals surface area contributed by atoms with Gasteiger partial charge in [-0.1, -0.05) is 0 Å². The van der Waals surface area contributed by atoms with Gasteiger partial charge in [0.2, 0.25) is 0 Å². The molecule has 0 amide bonds. The van der Waals surface area contributed by atoms with Crippen molar-refractivity contribution in [1.29, 1.82) is 0 Å². The third-order valence-electron chi connectivity index (χ3n) is 0.687. The number of aliphatic hydroxyl groups excluding tert-OH is 1. The van der Waals surface area contributed by atoms with E-state index in [0.29, 0.717) is 6.54 Å². The van der Waals surface area contributed by atoms with Crippen LogP contribution in [-0.4, -0.2) is 42.1 Å². The molecule has 0 aromatic heterocycles. The summed E-state index contributed by atoms with van der Waals surface area (Å²) >= 11 is 0. The van der Waals surface area contributed by atoms with Gasteiger partial charge in [0.25, 0.3) is 0 Å². The Hall–Kier alpha value is -0.160. The molecular formula is C4H12N2O2. The van der Waals surface area contributed by atoms with Gasteiger partial charge in [0.05, 0.1) is 0 Å². The zero-order valence-corrected chi connectivity index (χ0v) is 5.13. The Morgan fingerprint density at radius 3 is 2.25 bits per heavy atom. The molecule has 1 atom stereocenters. The summed E-state index contributed by atoms with van der Waals surface area (Å²) in [5, 5.41) is 16.7. The number of nitrogens with zero attached hydrogens (tertiary/aromatic N) is 1. The molecule has 0 radical (unpaired) electrons. The van der Waals surface area contributed by atoms with E-state index in [9.17, 15) is 0 Å². The molecule has 0 fully saturated rings. The van der Waals surface area contributed by atoms with Gasteiger partial charge >= 0.3 is 0 Å². The second-order valence-electron chi connectivity index (χ2n) is 1.91. The van der Waals surface area contributed by atoms with E-state index in [4.69, 9.17) is 10.3 Å². The normalized spacial score (nSPS) is 14.6. The average molecular weight is 120 g/mol. The van der Waals surface area contributed by atoms with Crippen molar-refractivity contribution in [1.82, 2.24) is 10.4 Å². The number of aliphatic hydroxyl groups is 1. The smallest absolute Gasteiger partial charge is 0.139 e. The van der Waals surface area contributed by atoms with Crippen LogP contribution in [0.3, 0.4) is 0 Å². The van der Waals surface area contributed by atoms with Crippen LogP contribution in [0, 0.1) is 0 Å². The summed E-state index contributed by atoms with van der Waals surface area (Å²) in [6, 6.07) is 0. The van der Waals surface area contributed by atoms with E-state index < -0.39 is 6.23 Å². The molecule has 0 spiro atoms. The lowest BCUT2D eigenvalue weighted by molar-refractivity contribution is -0.0109. The van der Waals surface area contributed by atoms with Crippen LogP contribution in [0.25, 0.3) is 0 Å². The molecule has 0 aliphatic carbocycles. The maximum absolute atomic E-state index is 8.63. The molecule has 4 heteroatoms. The molecule has 3 N–H and O–H groups in total. The summed E-state index contributed by atoms with van der Waals surface area (Å²) in [4.78, 5) is 1.76. The van der Waals surface area contributed by atoms with Crippen LogP contribution in [0.1, 0.15) is 0 Å². The molecule has 0 saturated heterocycles. The molecule has 0 aliphatic heterocycles. The van der Waals surface area contributed by atoms with Gasteiger partial charge in [-0.25, -0.2) is 0 Å². The third-order valence-corrected chi connectivity index (χ3v) is 0.687. The second-order valence-corrected chi connectivity index (χ2v) is 1.91. The Bertz CT molecular complexity index is 58.0. The van der Waals surface area contributed by atoms with Gasteiger partial charge in [0, 0.05) is 6.54 Å². The maximum atomic E-state index is 8.63. The molecule has 8 heavy (non-hydrogen) atoms. The number of hydroxylamine groups is 1. The molecule has 0 saturated carbocycles. The fourth-order valence-corrected chi connectivity index (χ4v) is 0.387. The SMILES string of the molecule is CN(C)CC(O)NO. The highest BCUT2D eigenvalue weighted by Gasteiger charge is 1.99. The highest BCUT2D eigenvalue weighted by molar-refractivity contribution is 4.47. The van der Waals surface area contributed by atoms with Gasteiger partial charge in [-0.2, -0.15) is 5.48 Å². The van der Waals surface area contributed by atoms with Crippen LogP contribution in [0.2, 0.25) is 0 Å². The number of likely N-dealkylation sites (N-methyl/N-ethyl adjacent to an activating group) is 1. The summed E-state index contributed by atoms with van der Waals surface area (Å²) in [6.45, 7) is 0.413. The Balaban J connectivity index is 3.10. The quantitative estimate of drug-likeness (QED) is 0.325. The minimum atomic E-state index is -0.843. The van der Waals surface area contributed by atoms with Crippen molar-refractivity contribution in [3.8, 4) is 0 Å². The molecule has 0 aliphatic rings. The number of nitrogens with one attached hydrogen (secondary N) is 1. The van der Waals surface area contributed by atoms with Crippen molar-refractivity contribution in [2.45, 2.75) is 6.23 Å². The third kappa shape index (κ3) is 4.01. The van der Waals surface area contributed by atoms with Crippen LogP contribution in [0.15, 0.2) is 0 Å². The van der Waals surface area contributed by atoms with Crippen molar-refractivity contribution >= 4 is 0 Å². The fourth-order valence-electron chi connectivity index (χ4n) is 0.387. The number of hydrogen-bond donors (Lipinski definition) is 3. The molecule has 0 bridgehead atoms. The Morgan fingerprint density at radius 1 is 1.62 bits per heavy atom. The van der Waals surface area contributed by atoms with Gasteiger partial charge in [0.1, 0.15) is 6.23 Å². The summed E-state index contributed by atoms with van der Waals surface area (Å²) in [7, 11) is 3.61. The lowest BCUT2D eigenvalue weighted by Gasteiger charge is -2.13. The Morgan fingerprint density at radius 2 is 2.12 bits per heavy atom. The lowest BCUT2D eigenvalue weighted by atomic mass is 10.5. The first-order valence-corrected chi connectivity index (χ1v) is 2.39. The van der Waals surface area contributed by atoms with Crippen LogP contribution in [0.5, 0.6) is 0 Å². The number of hydrogen-bond acceptors (Lipinski definition) is 4. The minimum Gasteiger partial charge on any atom is -0.375 e. The van der Waals surface area contributed by atoms with Gasteiger partial charge in [-0.05, 0) is 14.1 Å². The highest BCUT2D eigenvalue weighted by Crippen LogP contribution is 1.77. The van der Waals surface area contributed by atoms with Crippen molar-refractivity contribution in [2.24, 2.45) is 0 Å². The minimum absolute atomic E-state index is 0.413. The van der Waals surface area contributed by atoms with Gasteiger partial charge in [-0.15, -0.1) is 0 Å². The predicted octanol–water partition coefficient (Wildman–Crippen LogP) is -1.15. The monoisotopic (exact) mass is 120 g/mol. The zero-order chi connectivity index (χ0) is 6.57. The topological polar surface area (TPSA) is 55.7 Å². The van der Waals surface area contributed by atoms with E-state index in [1.165, 1.54) is 0 Å². The molecule has 0 heterocycles. The molecule has 4 nitrogen and oxygen atoms in total. The summed E-state index contributed by atoms with van der Waals surface area (Å²) in [5.41, 5.74) is 1.71. The molecule has 0 aromatic rings. The van der Waals surface area contributed by atoms with Crippen molar-refractivity contribution in [3.05, 3.63) is 0 Å². The van der Waals surface area contributed by atoms with Gasteiger partial charge in [0.15, 0.2) is 0 Å². The molecule has 1 unspecified atom stereocenters. The zero-order valence-electron chi connectivity index (χ0n) is 5.13. The van der Waals surface area contributed by atoms with Gasteiger partial charge < -0.3 is 15.2 Å². The predicted molar refractivity (Wildman–Crippen MR) is 29.5 cm³/mol. The van der Waals surface area contributed by atoms with E-state index in [0.717, 1.165) is 0 Å². The molecular weight excluding hydrogens is 108 g/mol. The standard InChI is InChI=1S/C4H12N2O2/c1-6(2)3-4(7)5-8/h4-5,7-8H,3H2,1-2H3. The fraction of sp³-hybridized carbons (Fsp3) is 1.00. The Labute approximate surface area is 48.7 Å². The second kappa shape index (κ2) is 3.80. The van der Waals surface area contributed by atoms with E-state index in [1.54, 1.807) is 24.5 Å². The molecule has 0 aromatic carbocycles. The van der Waals surface area contributed by atoms with E-state index in [2.05, 4.69) is 0 Å². The summed E-state index contributed by atoms with van der Waals surface area (Å²) < 4.78 is 0. The first kappa shape index (κ1) is 7.84. The summed E-state index contributed by atoms with van der Waals surface area (Å²) in [6.07, 6.45) is -0.843. The van der Waals surface area contributed by atoms with Gasteiger partial charge in [-0.3, -0.25) is 0 Å².